The van der Waals surface area contributed by atoms with Crippen molar-refractivity contribution in [1.82, 2.24) is 0 Å². The number of hydrogen-bond acceptors (Lipinski definition) is 5. The first kappa shape index (κ1) is 29.5. The minimum atomic E-state index is -0.775. The Morgan fingerprint density at radius 1 is 1.03 bits per heavy atom. The fraction of sp³-hybridized carbons (Fsp3) is 0.864. The lowest BCUT2D eigenvalue weighted by Gasteiger charge is -2.25. The van der Waals surface area contributed by atoms with Crippen molar-refractivity contribution in [2.24, 2.45) is 17.3 Å². The van der Waals surface area contributed by atoms with Gasteiger partial charge in [0, 0.05) is 40.1 Å². The Labute approximate surface area is 197 Å². The van der Waals surface area contributed by atoms with Crippen LogP contribution >= 0.6 is 34.8 Å². The highest BCUT2D eigenvalue weighted by molar-refractivity contribution is 8.41. The fourth-order valence-electron chi connectivity index (χ4n) is 4.25. The van der Waals surface area contributed by atoms with Gasteiger partial charge in [-0.1, -0.05) is 70.7 Å². The predicted molar refractivity (Wildman–Crippen MR) is 139 cm³/mol. The van der Waals surface area contributed by atoms with Crippen molar-refractivity contribution in [2.75, 3.05) is 0 Å². The summed E-state index contributed by atoms with van der Waals surface area (Å²) < 4.78 is 10.7. The van der Waals surface area contributed by atoms with Gasteiger partial charge >= 0.3 is 5.97 Å². The molecule has 0 aromatic rings. The van der Waals surface area contributed by atoms with Crippen LogP contribution in [0.1, 0.15) is 97.8 Å². The van der Waals surface area contributed by atoms with Crippen LogP contribution < -0.4 is 0 Å². The lowest BCUT2D eigenvalue weighted by Crippen LogP contribution is -2.27. The van der Waals surface area contributed by atoms with Crippen molar-refractivity contribution in [3.8, 4) is 0 Å². The van der Waals surface area contributed by atoms with Crippen LogP contribution in [0.25, 0.3) is 0 Å². The summed E-state index contributed by atoms with van der Waals surface area (Å²) in [5.74, 6) is 0.625. The van der Waals surface area contributed by atoms with Crippen LogP contribution in [0.4, 0.5) is 0 Å². The smallest absolute Gasteiger partial charge is 0.309 e. The standard InChI is InChI=1S/C22H42O5P4/c1-4-22(2,3)20(24)14-13-17-16(18(23)15-19(17)26-28)11-9-7-5-6-8-10-12-21(25)27-31(29)30/h16-17,19H,4-15,28-30H2,1-3H3. The van der Waals surface area contributed by atoms with Crippen LogP contribution in [0.15, 0.2) is 0 Å². The summed E-state index contributed by atoms with van der Waals surface area (Å²) in [6, 6.07) is 0. The second-order valence-electron chi connectivity index (χ2n) is 9.30. The summed E-state index contributed by atoms with van der Waals surface area (Å²) in [6.07, 6.45) is 10.1. The second-order valence-corrected chi connectivity index (χ2v) is 15.3. The van der Waals surface area contributed by atoms with Crippen molar-refractivity contribution < 1.29 is 23.4 Å². The summed E-state index contributed by atoms with van der Waals surface area (Å²) in [4.78, 5) is 36.7. The molecule has 1 aliphatic carbocycles. The number of unbranched alkanes of at least 4 members (excludes halogenated alkanes) is 5. The van der Waals surface area contributed by atoms with Crippen LogP contribution in [0.2, 0.25) is 0 Å². The molecule has 1 rings (SSSR count). The SMILES string of the molecule is CCC(C)(C)C(=O)CCC1C(OP)CC(=O)C1CCCCCCCCC(=O)OP(P)P. The molecule has 0 heterocycles. The molecule has 180 valence electrons. The third kappa shape index (κ3) is 11.0. The van der Waals surface area contributed by atoms with Crippen molar-refractivity contribution in [2.45, 2.75) is 104 Å². The summed E-state index contributed by atoms with van der Waals surface area (Å²) in [5.41, 5.74) is -0.292. The molecule has 9 heteroatoms. The Bertz CT molecular complexity index is 582. The van der Waals surface area contributed by atoms with Gasteiger partial charge in [-0.25, -0.2) is 0 Å². The van der Waals surface area contributed by atoms with Crippen molar-refractivity contribution in [1.29, 1.82) is 0 Å². The van der Waals surface area contributed by atoms with Crippen LogP contribution in [-0.2, 0) is 23.4 Å². The fourth-order valence-corrected chi connectivity index (χ4v) is 5.58. The van der Waals surface area contributed by atoms with Crippen LogP contribution in [0.3, 0.4) is 0 Å². The Kier molecular flexibility index (Phi) is 14.7. The highest BCUT2D eigenvalue weighted by atomic mass is 32.4. The molecule has 0 radical (unpaired) electrons. The van der Waals surface area contributed by atoms with E-state index in [0.717, 1.165) is 57.8 Å². The van der Waals surface area contributed by atoms with Gasteiger partial charge in [0.05, 0.1) is 6.10 Å². The molecular formula is C22H42O5P4. The molecule has 1 saturated carbocycles. The van der Waals surface area contributed by atoms with E-state index < -0.39 is 7.53 Å². The number of ketones is 2. The van der Waals surface area contributed by atoms with E-state index in [1.807, 2.05) is 20.8 Å². The summed E-state index contributed by atoms with van der Waals surface area (Å²) in [6.45, 7) is 6.05. The normalized spacial score (nSPS) is 21.6. The monoisotopic (exact) mass is 510 g/mol. The van der Waals surface area contributed by atoms with Gasteiger partial charge in [0.25, 0.3) is 0 Å². The van der Waals surface area contributed by atoms with Gasteiger partial charge in [-0.2, -0.15) is 0 Å². The molecule has 0 aromatic carbocycles. The van der Waals surface area contributed by atoms with Crippen molar-refractivity contribution in [3.05, 3.63) is 0 Å². The highest BCUT2D eigenvalue weighted by Crippen LogP contribution is 2.53. The minimum Gasteiger partial charge on any atom is -0.437 e. The highest BCUT2D eigenvalue weighted by Gasteiger charge is 2.42. The first-order chi connectivity index (χ1) is 14.6. The van der Waals surface area contributed by atoms with Gasteiger partial charge in [0.2, 0.25) is 0 Å². The molecule has 6 atom stereocenters. The Morgan fingerprint density at radius 3 is 2.23 bits per heavy atom. The number of Topliss-reactive ketones (excluding diaryl/α,β-unsaturated/α-hetero) is 2. The predicted octanol–water partition coefficient (Wildman–Crippen LogP) is 6.79. The van der Waals surface area contributed by atoms with Gasteiger partial charge in [-0.15, -0.1) is 0 Å². The van der Waals surface area contributed by atoms with Gasteiger partial charge in [-0.3, -0.25) is 14.4 Å². The Hall–Kier alpha value is 0.490. The maximum atomic E-state index is 12.6. The first-order valence-corrected chi connectivity index (χ1v) is 16.5. The maximum Gasteiger partial charge on any atom is 0.309 e. The summed E-state index contributed by atoms with van der Waals surface area (Å²) >= 11 is 0. The Morgan fingerprint density at radius 2 is 1.65 bits per heavy atom. The number of carbonyl (C=O) groups is 3. The average molecular weight is 510 g/mol. The van der Waals surface area contributed by atoms with Crippen LogP contribution in [-0.4, -0.2) is 23.6 Å². The molecule has 6 unspecified atom stereocenters. The van der Waals surface area contributed by atoms with Gasteiger partial charge < -0.3 is 9.05 Å². The first-order valence-electron chi connectivity index (χ1n) is 11.5. The zero-order chi connectivity index (χ0) is 23.4. The molecule has 0 N–H and O–H groups in total. The molecule has 0 amide bonds. The molecule has 0 bridgehead atoms. The number of rotatable bonds is 16. The summed E-state index contributed by atoms with van der Waals surface area (Å²) in [5, 5.41) is 0. The van der Waals surface area contributed by atoms with Gasteiger partial charge in [-0.05, 0) is 31.6 Å². The number of hydrogen-bond donors (Lipinski definition) is 0. The van der Waals surface area contributed by atoms with Crippen LogP contribution in [0, 0.1) is 17.3 Å². The van der Waals surface area contributed by atoms with E-state index >= 15 is 0 Å². The lowest BCUT2D eigenvalue weighted by molar-refractivity contribution is -0.133. The van der Waals surface area contributed by atoms with Gasteiger partial charge in [0.1, 0.15) is 19.1 Å². The van der Waals surface area contributed by atoms with Crippen molar-refractivity contribution in [3.63, 3.8) is 0 Å². The molecule has 1 fully saturated rings. The second kappa shape index (κ2) is 15.4. The van der Waals surface area contributed by atoms with Crippen LogP contribution in [0.5, 0.6) is 0 Å². The molecule has 0 spiro atoms. The Balaban J connectivity index is 2.33. The van der Waals surface area contributed by atoms with Gasteiger partial charge in [0.15, 0.2) is 0 Å². The molecule has 0 saturated heterocycles. The van der Waals surface area contributed by atoms with E-state index in [9.17, 15) is 14.4 Å². The largest absolute Gasteiger partial charge is 0.437 e. The average Bonchev–Trinajstić information content (AvgIpc) is 3.01. The lowest BCUT2D eigenvalue weighted by atomic mass is 9.79. The molecule has 0 aromatic heterocycles. The third-order valence-corrected chi connectivity index (χ3v) is 8.08. The van der Waals surface area contributed by atoms with E-state index in [0.29, 0.717) is 25.0 Å². The van der Waals surface area contributed by atoms with Crippen molar-refractivity contribution >= 4 is 52.4 Å². The summed E-state index contributed by atoms with van der Waals surface area (Å²) in [7, 11) is 6.52. The van der Waals surface area contributed by atoms with E-state index in [4.69, 9.17) is 9.05 Å². The van der Waals surface area contributed by atoms with E-state index in [2.05, 4.69) is 27.3 Å². The van der Waals surface area contributed by atoms with E-state index in [1.54, 1.807) is 0 Å². The van der Waals surface area contributed by atoms with E-state index in [-0.39, 0.29) is 35.1 Å². The maximum absolute atomic E-state index is 12.6. The number of carbonyl (C=O) groups excluding carboxylic acids is 3. The minimum absolute atomic E-state index is 0.0200. The molecule has 31 heavy (non-hydrogen) atoms. The molecule has 1 aliphatic rings. The zero-order valence-corrected chi connectivity index (χ0v) is 23.8. The quantitative estimate of drug-likeness (QED) is 0.169. The molecule has 5 nitrogen and oxygen atoms in total. The molecular weight excluding hydrogens is 468 g/mol. The topological polar surface area (TPSA) is 69.7 Å². The zero-order valence-electron chi connectivity index (χ0n) is 19.4. The van der Waals surface area contributed by atoms with E-state index in [1.165, 1.54) is 0 Å². The molecule has 0 aliphatic heterocycles. The third-order valence-electron chi connectivity index (χ3n) is 6.68.